The second-order valence-corrected chi connectivity index (χ2v) is 7.55. The Labute approximate surface area is 158 Å². The second-order valence-electron chi connectivity index (χ2n) is 6.39. The van der Waals surface area contributed by atoms with E-state index >= 15 is 0 Å². The number of oxime groups is 1. The lowest BCUT2D eigenvalue weighted by atomic mass is 9.94. The lowest BCUT2D eigenvalue weighted by molar-refractivity contribution is 0.160. The highest BCUT2D eigenvalue weighted by atomic mass is 32.1. The third-order valence-electron chi connectivity index (χ3n) is 4.48. The van der Waals surface area contributed by atoms with Gasteiger partial charge < -0.3 is 14.5 Å². The maximum absolute atomic E-state index is 5.89. The number of nitrogens with zero attached hydrogens (tertiary/aromatic N) is 4. The van der Waals surface area contributed by atoms with Crippen LogP contribution in [0.25, 0.3) is 0 Å². The lowest BCUT2D eigenvalue weighted by Gasteiger charge is -2.31. The van der Waals surface area contributed by atoms with Gasteiger partial charge in [0.15, 0.2) is 0 Å². The van der Waals surface area contributed by atoms with E-state index < -0.39 is 0 Å². The molecule has 0 bridgehead atoms. The topological polar surface area (TPSA) is 59.8 Å². The Morgan fingerprint density at radius 1 is 1.23 bits per heavy atom. The van der Waals surface area contributed by atoms with Crippen LogP contribution in [0.3, 0.4) is 0 Å². The maximum atomic E-state index is 5.89. The van der Waals surface area contributed by atoms with E-state index in [0.717, 1.165) is 53.5 Å². The van der Waals surface area contributed by atoms with Gasteiger partial charge in [0.25, 0.3) is 0 Å². The van der Waals surface area contributed by atoms with Crippen LogP contribution in [-0.4, -0.2) is 42.7 Å². The fourth-order valence-corrected chi connectivity index (χ4v) is 3.73. The molecular formula is C19H26N4O2S. The lowest BCUT2D eigenvalue weighted by Crippen LogP contribution is -2.34. The van der Waals surface area contributed by atoms with Gasteiger partial charge in [-0.2, -0.15) is 0 Å². The van der Waals surface area contributed by atoms with Gasteiger partial charge in [-0.1, -0.05) is 16.5 Å². The summed E-state index contributed by atoms with van der Waals surface area (Å²) >= 11 is 1.68. The number of benzene rings is 1. The molecule has 1 aliphatic heterocycles. The number of anilines is 1. The SMILES string of the molecule is CCO/N=C/c1ccc(OCCC2CCN(c3nnc(C)s3)CC2)cc1. The molecule has 26 heavy (non-hydrogen) atoms. The van der Waals surface area contributed by atoms with Crippen LogP contribution in [0.5, 0.6) is 5.75 Å². The van der Waals surface area contributed by atoms with Crippen molar-refractivity contribution in [3.63, 3.8) is 0 Å². The number of aryl methyl sites for hydroxylation is 1. The quantitative estimate of drug-likeness (QED) is 0.518. The number of hydrogen-bond acceptors (Lipinski definition) is 7. The smallest absolute Gasteiger partial charge is 0.208 e. The minimum atomic E-state index is 0.580. The van der Waals surface area contributed by atoms with Gasteiger partial charge >= 0.3 is 0 Å². The van der Waals surface area contributed by atoms with Crippen LogP contribution in [0, 0.1) is 12.8 Å². The molecule has 6 nitrogen and oxygen atoms in total. The van der Waals surface area contributed by atoms with Crippen molar-refractivity contribution >= 4 is 22.7 Å². The third-order valence-corrected chi connectivity index (χ3v) is 5.38. The molecule has 1 saturated heterocycles. The average molecular weight is 375 g/mol. The molecule has 0 aliphatic carbocycles. The summed E-state index contributed by atoms with van der Waals surface area (Å²) in [6.45, 7) is 7.38. The van der Waals surface area contributed by atoms with Gasteiger partial charge in [0.2, 0.25) is 5.13 Å². The number of aromatic nitrogens is 2. The molecule has 3 rings (SSSR count). The summed E-state index contributed by atoms with van der Waals surface area (Å²) in [7, 11) is 0. The zero-order valence-electron chi connectivity index (χ0n) is 15.4. The normalized spacial score (nSPS) is 15.5. The summed E-state index contributed by atoms with van der Waals surface area (Å²) in [6.07, 6.45) is 5.18. The van der Waals surface area contributed by atoms with Crippen molar-refractivity contribution in [3.8, 4) is 5.75 Å². The van der Waals surface area contributed by atoms with E-state index in [-0.39, 0.29) is 0 Å². The van der Waals surface area contributed by atoms with Crippen LogP contribution in [0.4, 0.5) is 5.13 Å². The Balaban J connectivity index is 1.36. The van der Waals surface area contributed by atoms with Gasteiger partial charge in [0, 0.05) is 13.1 Å². The molecule has 0 amide bonds. The van der Waals surface area contributed by atoms with E-state index in [1.807, 2.05) is 38.1 Å². The van der Waals surface area contributed by atoms with Crippen LogP contribution in [0.2, 0.25) is 0 Å². The predicted octanol–water partition coefficient (Wildman–Crippen LogP) is 3.90. The first-order valence-corrected chi connectivity index (χ1v) is 9.99. The molecule has 0 spiro atoms. The summed E-state index contributed by atoms with van der Waals surface area (Å²) in [4.78, 5) is 7.32. The van der Waals surface area contributed by atoms with Crippen LogP contribution in [-0.2, 0) is 4.84 Å². The molecule has 0 N–H and O–H groups in total. The fourth-order valence-electron chi connectivity index (χ4n) is 2.99. The van der Waals surface area contributed by atoms with Crippen LogP contribution in [0.15, 0.2) is 29.4 Å². The molecule has 1 aromatic heterocycles. The third kappa shape index (κ3) is 5.42. The molecule has 1 aromatic carbocycles. The Morgan fingerprint density at radius 3 is 2.65 bits per heavy atom. The van der Waals surface area contributed by atoms with Crippen LogP contribution in [0.1, 0.15) is 36.8 Å². The summed E-state index contributed by atoms with van der Waals surface area (Å²) < 4.78 is 5.89. The highest BCUT2D eigenvalue weighted by molar-refractivity contribution is 7.15. The Kier molecular flexibility index (Phi) is 6.82. The molecule has 1 aliphatic rings. The number of ether oxygens (including phenoxy) is 1. The molecule has 0 radical (unpaired) electrons. The van der Waals surface area contributed by atoms with Gasteiger partial charge in [-0.15, -0.1) is 10.2 Å². The van der Waals surface area contributed by atoms with Crippen molar-refractivity contribution in [1.82, 2.24) is 10.2 Å². The van der Waals surface area contributed by atoms with E-state index in [4.69, 9.17) is 9.57 Å². The van der Waals surface area contributed by atoms with E-state index in [1.165, 1.54) is 12.8 Å². The molecule has 0 unspecified atom stereocenters. The molecule has 2 aromatic rings. The minimum Gasteiger partial charge on any atom is -0.494 e. The molecule has 7 heteroatoms. The van der Waals surface area contributed by atoms with Crippen molar-refractivity contribution < 1.29 is 9.57 Å². The van der Waals surface area contributed by atoms with Gasteiger partial charge in [0.1, 0.15) is 17.4 Å². The Morgan fingerprint density at radius 2 is 2.00 bits per heavy atom. The number of piperidine rings is 1. The Hall–Kier alpha value is -2.15. The molecular weight excluding hydrogens is 348 g/mol. The number of hydrogen-bond donors (Lipinski definition) is 0. The second kappa shape index (κ2) is 9.52. The number of rotatable bonds is 8. The summed E-state index contributed by atoms with van der Waals surface area (Å²) in [5, 5.41) is 14.3. The highest BCUT2D eigenvalue weighted by Gasteiger charge is 2.21. The first kappa shape index (κ1) is 18.6. The molecule has 140 valence electrons. The largest absolute Gasteiger partial charge is 0.494 e. The molecule has 0 saturated carbocycles. The van der Waals surface area contributed by atoms with Crippen molar-refractivity contribution in [3.05, 3.63) is 34.8 Å². The van der Waals surface area contributed by atoms with Gasteiger partial charge in [-0.25, -0.2) is 0 Å². The fraction of sp³-hybridized carbons (Fsp3) is 0.526. The standard InChI is InChI=1S/C19H26N4O2S/c1-3-25-20-14-17-4-6-18(7-5-17)24-13-10-16-8-11-23(12-9-16)19-22-21-15(2)26-19/h4-7,14,16H,3,8-13H2,1-2H3/b20-14+. The van der Waals surface area contributed by atoms with Crippen molar-refractivity contribution in [2.75, 3.05) is 31.2 Å². The molecule has 1 fully saturated rings. The summed E-state index contributed by atoms with van der Waals surface area (Å²) in [5.41, 5.74) is 1.00. The zero-order valence-corrected chi connectivity index (χ0v) is 16.2. The first-order valence-electron chi connectivity index (χ1n) is 9.18. The van der Waals surface area contributed by atoms with E-state index in [1.54, 1.807) is 17.6 Å². The zero-order chi connectivity index (χ0) is 18.2. The highest BCUT2D eigenvalue weighted by Crippen LogP contribution is 2.27. The van der Waals surface area contributed by atoms with E-state index in [0.29, 0.717) is 6.61 Å². The van der Waals surface area contributed by atoms with Gasteiger partial charge in [0.05, 0.1) is 12.8 Å². The first-order chi connectivity index (χ1) is 12.7. The molecule has 2 heterocycles. The summed E-state index contributed by atoms with van der Waals surface area (Å²) in [5.74, 6) is 1.62. The monoisotopic (exact) mass is 374 g/mol. The van der Waals surface area contributed by atoms with Crippen molar-refractivity contribution in [2.24, 2.45) is 11.1 Å². The maximum Gasteiger partial charge on any atom is 0.208 e. The predicted molar refractivity (Wildman–Crippen MR) is 105 cm³/mol. The Bertz CT molecular complexity index is 694. The van der Waals surface area contributed by atoms with Crippen LogP contribution >= 0.6 is 11.3 Å². The van der Waals surface area contributed by atoms with E-state index in [2.05, 4.69) is 20.3 Å². The molecule has 0 atom stereocenters. The van der Waals surface area contributed by atoms with Crippen LogP contribution < -0.4 is 9.64 Å². The van der Waals surface area contributed by atoms with Gasteiger partial charge in [-0.3, -0.25) is 0 Å². The summed E-state index contributed by atoms with van der Waals surface area (Å²) in [6, 6.07) is 7.93. The average Bonchev–Trinajstić information content (AvgIpc) is 3.10. The van der Waals surface area contributed by atoms with Crippen molar-refractivity contribution in [1.29, 1.82) is 0 Å². The van der Waals surface area contributed by atoms with E-state index in [9.17, 15) is 0 Å². The minimum absolute atomic E-state index is 0.580. The van der Waals surface area contributed by atoms with Gasteiger partial charge in [-0.05, 0) is 68.9 Å². The van der Waals surface area contributed by atoms with Crippen molar-refractivity contribution in [2.45, 2.75) is 33.1 Å².